The molecule has 0 unspecified atom stereocenters. The first-order valence-corrected chi connectivity index (χ1v) is 8.43. The van der Waals surface area contributed by atoms with Crippen LogP contribution in [0.2, 0.25) is 5.02 Å². The number of carbonyl (C=O) groups is 1. The molecule has 1 amide bonds. The van der Waals surface area contributed by atoms with E-state index in [4.69, 9.17) is 11.6 Å². The Labute approximate surface area is 139 Å². The summed E-state index contributed by atoms with van der Waals surface area (Å²) in [7, 11) is 0. The zero-order valence-corrected chi connectivity index (χ0v) is 14.2. The quantitative estimate of drug-likeness (QED) is 0.623. The van der Waals surface area contributed by atoms with Gasteiger partial charge in [0.05, 0.1) is 22.2 Å². The van der Waals surface area contributed by atoms with Crippen LogP contribution in [0.3, 0.4) is 0 Å². The number of rotatable bonds is 7. The maximum Gasteiger partial charge on any atom is 0.230 e. The van der Waals surface area contributed by atoms with E-state index in [-0.39, 0.29) is 5.91 Å². The molecule has 0 saturated carbocycles. The lowest BCUT2D eigenvalue weighted by molar-refractivity contribution is -0.118. The molecule has 0 aliphatic heterocycles. The van der Waals surface area contributed by atoms with E-state index in [1.807, 2.05) is 30.7 Å². The normalized spacial score (nSPS) is 10.7. The van der Waals surface area contributed by atoms with Crippen molar-refractivity contribution >= 4 is 29.3 Å². The molecule has 2 aromatic rings. The van der Waals surface area contributed by atoms with Crippen LogP contribution in [0, 0.1) is 13.8 Å². The molecule has 0 radical (unpaired) electrons. The average molecular weight is 339 g/mol. The Morgan fingerprint density at radius 1 is 1.36 bits per heavy atom. The molecule has 0 aliphatic carbocycles. The maximum absolute atomic E-state index is 11.8. The summed E-state index contributed by atoms with van der Waals surface area (Å²) in [6, 6.07) is 3.79. The number of thioether (sulfide) groups is 1. The summed E-state index contributed by atoms with van der Waals surface area (Å²) in [5, 5.41) is 8.00. The third-order valence-corrected chi connectivity index (χ3v) is 4.74. The van der Waals surface area contributed by atoms with Gasteiger partial charge in [0, 0.05) is 30.4 Å². The molecule has 22 heavy (non-hydrogen) atoms. The summed E-state index contributed by atoms with van der Waals surface area (Å²) in [5.74, 6) is 0.448. The lowest BCUT2D eigenvalue weighted by Crippen LogP contribution is -2.27. The molecule has 0 aliphatic rings. The number of halogens is 1. The second-order valence-electron chi connectivity index (χ2n) is 4.88. The van der Waals surface area contributed by atoms with Crippen LogP contribution in [-0.4, -0.2) is 33.0 Å². The van der Waals surface area contributed by atoms with Crippen LogP contribution in [0.25, 0.3) is 0 Å². The van der Waals surface area contributed by atoms with Crippen LogP contribution in [0.1, 0.15) is 17.8 Å². The Bertz CT molecular complexity index is 630. The SMILES string of the molecule is Cc1nn(CCCNC(=O)CSc2ccncc2)c(C)c1Cl. The number of hydrogen-bond acceptors (Lipinski definition) is 4. The number of aryl methyl sites for hydroxylation is 2. The summed E-state index contributed by atoms with van der Waals surface area (Å²) in [5.41, 5.74) is 1.82. The molecular weight excluding hydrogens is 320 g/mol. The second-order valence-corrected chi connectivity index (χ2v) is 6.31. The van der Waals surface area contributed by atoms with Gasteiger partial charge in [-0.15, -0.1) is 11.8 Å². The van der Waals surface area contributed by atoms with Crippen molar-refractivity contribution in [1.82, 2.24) is 20.1 Å². The molecule has 2 aromatic heterocycles. The third kappa shape index (κ3) is 4.74. The van der Waals surface area contributed by atoms with E-state index in [9.17, 15) is 4.79 Å². The number of aromatic nitrogens is 3. The first kappa shape index (κ1) is 16.8. The van der Waals surface area contributed by atoms with E-state index < -0.39 is 0 Å². The summed E-state index contributed by atoms with van der Waals surface area (Å²) >= 11 is 7.60. The highest BCUT2D eigenvalue weighted by atomic mass is 35.5. The van der Waals surface area contributed by atoms with E-state index in [0.717, 1.165) is 34.3 Å². The molecular formula is C15H19ClN4OS. The maximum atomic E-state index is 11.8. The van der Waals surface area contributed by atoms with Gasteiger partial charge in [-0.3, -0.25) is 14.5 Å². The van der Waals surface area contributed by atoms with Crippen molar-refractivity contribution in [2.75, 3.05) is 12.3 Å². The van der Waals surface area contributed by atoms with Gasteiger partial charge in [-0.05, 0) is 32.4 Å². The molecule has 7 heteroatoms. The largest absolute Gasteiger partial charge is 0.355 e. The van der Waals surface area contributed by atoms with Gasteiger partial charge in [-0.25, -0.2) is 0 Å². The van der Waals surface area contributed by atoms with Gasteiger partial charge in [-0.2, -0.15) is 5.10 Å². The number of hydrogen-bond donors (Lipinski definition) is 1. The molecule has 2 rings (SSSR count). The molecule has 0 spiro atoms. The lowest BCUT2D eigenvalue weighted by Gasteiger charge is -2.06. The van der Waals surface area contributed by atoms with Crippen LogP contribution >= 0.6 is 23.4 Å². The van der Waals surface area contributed by atoms with E-state index in [0.29, 0.717) is 12.3 Å². The van der Waals surface area contributed by atoms with Crippen molar-refractivity contribution in [1.29, 1.82) is 0 Å². The molecule has 5 nitrogen and oxygen atoms in total. The third-order valence-electron chi connectivity index (χ3n) is 3.18. The average Bonchev–Trinajstić information content (AvgIpc) is 2.78. The van der Waals surface area contributed by atoms with E-state index in [2.05, 4.69) is 15.4 Å². The highest BCUT2D eigenvalue weighted by Crippen LogP contribution is 2.19. The van der Waals surface area contributed by atoms with Crippen LogP contribution < -0.4 is 5.32 Å². The highest BCUT2D eigenvalue weighted by Gasteiger charge is 2.08. The summed E-state index contributed by atoms with van der Waals surface area (Å²) in [6.45, 7) is 5.22. The minimum Gasteiger partial charge on any atom is -0.355 e. The van der Waals surface area contributed by atoms with Gasteiger partial charge in [0.1, 0.15) is 0 Å². The summed E-state index contributed by atoms with van der Waals surface area (Å²) in [4.78, 5) is 16.8. The lowest BCUT2D eigenvalue weighted by atomic mass is 10.4. The predicted molar refractivity (Wildman–Crippen MR) is 89.3 cm³/mol. The molecule has 0 atom stereocenters. The van der Waals surface area contributed by atoms with Gasteiger partial charge >= 0.3 is 0 Å². The van der Waals surface area contributed by atoms with E-state index >= 15 is 0 Å². The van der Waals surface area contributed by atoms with Gasteiger partial charge in [0.25, 0.3) is 0 Å². The standard InChI is InChI=1S/C15H19ClN4OS/c1-11-15(16)12(2)20(19-11)9-3-6-18-14(21)10-22-13-4-7-17-8-5-13/h4-5,7-8H,3,6,9-10H2,1-2H3,(H,18,21). The smallest absolute Gasteiger partial charge is 0.230 e. The highest BCUT2D eigenvalue weighted by molar-refractivity contribution is 8.00. The number of carbonyl (C=O) groups excluding carboxylic acids is 1. The monoisotopic (exact) mass is 338 g/mol. The fraction of sp³-hybridized carbons (Fsp3) is 0.400. The fourth-order valence-electron chi connectivity index (χ4n) is 1.98. The minimum atomic E-state index is 0.0354. The van der Waals surface area contributed by atoms with E-state index in [1.54, 1.807) is 12.4 Å². The van der Waals surface area contributed by atoms with Crippen LogP contribution in [0.4, 0.5) is 0 Å². The first-order chi connectivity index (χ1) is 10.6. The molecule has 118 valence electrons. The van der Waals surface area contributed by atoms with Gasteiger partial charge in [0.15, 0.2) is 0 Å². The Morgan fingerprint density at radius 2 is 2.09 bits per heavy atom. The Morgan fingerprint density at radius 3 is 2.73 bits per heavy atom. The van der Waals surface area contributed by atoms with Gasteiger partial charge in [0.2, 0.25) is 5.91 Å². The van der Waals surface area contributed by atoms with E-state index in [1.165, 1.54) is 11.8 Å². The molecule has 1 N–H and O–H groups in total. The zero-order chi connectivity index (χ0) is 15.9. The van der Waals surface area contributed by atoms with Crippen molar-refractivity contribution in [2.24, 2.45) is 0 Å². The van der Waals surface area contributed by atoms with Crippen LogP contribution in [0.5, 0.6) is 0 Å². The van der Waals surface area contributed by atoms with Crippen LogP contribution in [0.15, 0.2) is 29.4 Å². The van der Waals surface area contributed by atoms with Crippen molar-refractivity contribution in [3.05, 3.63) is 40.9 Å². The Kier molecular flexibility index (Phi) is 6.27. The first-order valence-electron chi connectivity index (χ1n) is 7.07. The number of amides is 1. The van der Waals surface area contributed by atoms with Crippen molar-refractivity contribution < 1.29 is 4.79 Å². The van der Waals surface area contributed by atoms with Crippen molar-refractivity contribution in [3.8, 4) is 0 Å². The molecule has 0 bridgehead atoms. The Balaban J connectivity index is 1.66. The number of nitrogens with one attached hydrogen (secondary N) is 1. The van der Waals surface area contributed by atoms with Crippen molar-refractivity contribution in [2.45, 2.75) is 31.7 Å². The molecule has 2 heterocycles. The van der Waals surface area contributed by atoms with Crippen LogP contribution in [-0.2, 0) is 11.3 Å². The second kappa shape index (κ2) is 8.19. The number of nitrogens with zero attached hydrogens (tertiary/aromatic N) is 3. The zero-order valence-electron chi connectivity index (χ0n) is 12.7. The fourth-order valence-corrected chi connectivity index (χ4v) is 2.83. The molecule has 0 aromatic carbocycles. The number of pyridine rings is 1. The molecule has 0 fully saturated rings. The van der Waals surface area contributed by atoms with Crippen molar-refractivity contribution in [3.63, 3.8) is 0 Å². The predicted octanol–water partition coefficient (Wildman–Crippen LogP) is 2.85. The molecule has 0 saturated heterocycles. The topological polar surface area (TPSA) is 59.8 Å². The Hall–Kier alpha value is -1.53. The van der Waals surface area contributed by atoms with Gasteiger partial charge in [-0.1, -0.05) is 11.6 Å². The summed E-state index contributed by atoms with van der Waals surface area (Å²) < 4.78 is 1.88. The van der Waals surface area contributed by atoms with Gasteiger partial charge < -0.3 is 5.32 Å². The summed E-state index contributed by atoms with van der Waals surface area (Å²) in [6.07, 6.45) is 4.27. The minimum absolute atomic E-state index is 0.0354.